The molecule has 0 aliphatic heterocycles. The molecule has 1 N–H and O–H groups in total. The molecule has 6 heteroatoms. The zero-order valence-electron chi connectivity index (χ0n) is 10.9. The first-order valence-corrected chi connectivity index (χ1v) is 6.93. The number of halogens is 1. The number of hydrogen-bond acceptors (Lipinski definition) is 4. The molecule has 0 spiro atoms. The standard InChI is InChI=1S/C14H14BrN3O2/c1-10(11-3-2-6-16-8-11)17-9-12-7-13(15)4-5-14(12)18(19)20/h2-8,10,17H,9H2,1H3/t10-/m0/s1. The van der Waals surface area contributed by atoms with Crippen LogP contribution in [0.5, 0.6) is 0 Å². The number of hydrogen-bond donors (Lipinski definition) is 1. The van der Waals surface area contributed by atoms with Crippen LogP contribution in [0, 0.1) is 10.1 Å². The van der Waals surface area contributed by atoms with Gasteiger partial charge in [-0.2, -0.15) is 0 Å². The summed E-state index contributed by atoms with van der Waals surface area (Å²) in [6.07, 6.45) is 3.50. The first-order chi connectivity index (χ1) is 9.58. The van der Waals surface area contributed by atoms with E-state index < -0.39 is 0 Å². The zero-order valence-corrected chi connectivity index (χ0v) is 12.5. The molecular weight excluding hydrogens is 322 g/mol. The van der Waals surface area contributed by atoms with E-state index in [4.69, 9.17) is 0 Å². The van der Waals surface area contributed by atoms with Crippen LogP contribution in [0.1, 0.15) is 24.1 Å². The van der Waals surface area contributed by atoms with Crippen molar-refractivity contribution in [1.82, 2.24) is 10.3 Å². The summed E-state index contributed by atoms with van der Waals surface area (Å²) in [5, 5.41) is 14.3. The minimum atomic E-state index is -0.363. The number of pyridine rings is 1. The Bertz CT molecular complexity index is 605. The van der Waals surface area contributed by atoms with Gasteiger partial charge in [-0.25, -0.2) is 0 Å². The summed E-state index contributed by atoms with van der Waals surface area (Å²) in [5.74, 6) is 0. The van der Waals surface area contributed by atoms with E-state index in [2.05, 4.69) is 26.2 Å². The van der Waals surface area contributed by atoms with Gasteiger partial charge in [-0.15, -0.1) is 0 Å². The Hall–Kier alpha value is -1.79. The molecule has 1 heterocycles. The lowest BCUT2D eigenvalue weighted by molar-refractivity contribution is -0.385. The maximum atomic E-state index is 11.0. The second-order valence-corrected chi connectivity index (χ2v) is 5.33. The highest BCUT2D eigenvalue weighted by molar-refractivity contribution is 9.10. The van der Waals surface area contributed by atoms with Crippen molar-refractivity contribution in [2.75, 3.05) is 0 Å². The summed E-state index contributed by atoms with van der Waals surface area (Å²) in [5.41, 5.74) is 1.82. The van der Waals surface area contributed by atoms with Gasteiger partial charge < -0.3 is 5.32 Å². The van der Waals surface area contributed by atoms with Gasteiger partial charge in [0.1, 0.15) is 0 Å². The Morgan fingerprint density at radius 3 is 2.90 bits per heavy atom. The van der Waals surface area contributed by atoms with E-state index >= 15 is 0 Å². The predicted molar refractivity (Wildman–Crippen MR) is 80.3 cm³/mol. The minimum absolute atomic E-state index is 0.0716. The average Bonchev–Trinajstić information content (AvgIpc) is 2.45. The third-order valence-electron chi connectivity index (χ3n) is 3.02. The van der Waals surface area contributed by atoms with E-state index in [1.807, 2.05) is 19.1 Å². The van der Waals surface area contributed by atoms with Crippen molar-refractivity contribution in [3.8, 4) is 0 Å². The van der Waals surface area contributed by atoms with E-state index in [1.54, 1.807) is 24.5 Å². The summed E-state index contributed by atoms with van der Waals surface area (Å²) in [6, 6.07) is 8.86. The molecule has 104 valence electrons. The molecule has 0 fully saturated rings. The van der Waals surface area contributed by atoms with Gasteiger partial charge in [0, 0.05) is 41.1 Å². The van der Waals surface area contributed by atoms with Gasteiger partial charge in [-0.05, 0) is 30.7 Å². The summed E-state index contributed by atoms with van der Waals surface area (Å²) in [7, 11) is 0. The van der Waals surface area contributed by atoms with Gasteiger partial charge in [0.05, 0.1) is 4.92 Å². The quantitative estimate of drug-likeness (QED) is 0.669. The van der Waals surface area contributed by atoms with Crippen LogP contribution in [-0.4, -0.2) is 9.91 Å². The fourth-order valence-electron chi connectivity index (χ4n) is 1.89. The molecule has 1 aromatic heterocycles. The number of nitrogens with one attached hydrogen (secondary N) is 1. The molecule has 5 nitrogen and oxygen atoms in total. The van der Waals surface area contributed by atoms with Crippen LogP contribution in [0.15, 0.2) is 47.2 Å². The van der Waals surface area contributed by atoms with Crippen molar-refractivity contribution in [2.45, 2.75) is 19.5 Å². The van der Waals surface area contributed by atoms with Crippen molar-refractivity contribution in [1.29, 1.82) is 0 Å². The largest absolute Gasteiger partial charge is 0.306 e. The molecule has 0 radical (unpaired) electrons. The van der Waals surface area contributed by atoms with Crippen LogP contribution in [-0.2, 0) is 6.54 Å². The van der Waals surface area contributed by atoms with Crippen molar-refractivity contribution < 1.29 is 4.92 Å². The van der Waals surface area contributed by atoms with Crippen molar-refractivity contribution in [3.05, 3.63) is 68.4 Å². The number of rotatable bonds is 5. The number of benzene rings is 1. The van der Waals surface area contributed by atoms with Crippen LogP contribution in [0.2, 0.25) is 0 Å². The SMILES string of the molecule is C[C@H](NCc1cc(Br)ccc1[N+](=O)[O-])c1cccnc1. The van der Waals surface area contributed by atoms with Crippen molar-refractivity contribution >= 4 is 21.6 Å². The maximum absolute atomic E-state index is 11.0. The highest BCUT2D eigenvalue weighted by Crippen LogP contribution is 2.23. The summed E-state index contributed by atoms with van der Waals surface area (Å²) in [6.45, 7) is 2.42. The lowest BCUT2D eigenvalue weighted by atomic mass is 10.1. The Kier molecular flexibility index (Phi) is 4.81. The highest BCUT2D eigenvalue weighted by atomic mass is 79.9. The number of nitrogens with zero attached hydrogens (tertiary/aromatic N) is 2. The Labute approximate surface area is 125 Å². The average molecular weight is 336 g/mol. The van der Waals surface area contributed by atoms with Crippen molar-refractivity contribution in [2.24, 2.45) is 0 Å². The second-order valence-electron chi connectivity index (χ2n) is 4.42. The fourth-order valence-corrected chi connectivity index (χ4v) is 2.30. The van der Waals surface area contributed by atoms with E-state index in [0.29, 0.717) is 12.1 Å². The van der Waals surface area contributed by atoms with E-state index in [0.717, 1.165) is 10.0 Å². The number of nitro groups is 1. The van der Waals surface area contributed by atoms with Gasteiger partial charge in [-0.1, -0.05) is 22.0 Å². The van der Waals surface area contributed by atoms with E-state index in [1.165, 1.54) is 6.07 Å². The monoisotopic (exact) mass is 335 g/mol. The smallest absolute Gasteiger partial charge is 0.273 e. The van der Waals surface area contributed by atoms with Gasteiger partial charge in [0.2, 0.25) is 0 Å². The van der Waals surface area contributed by atoms with Gasteiger partial charge in [0.15, 0.2) is 0 Å². The Morgan fingerprint density at radius 1 is 1.45 bits per heavy atom. The molecule has 2 rings (SSSR count). The molecular formula is C14H14BrN3O2. The molecule has 1 aromatic carbocycles. The summed E-state index contributed by atoms with van der Waals surface area (Å²) < 4.78 is 0.828. The van der Waals surface area contributed by atoms with E-state index in [-0.39, 0.29) is 16.7 Å². The van der Waals surface area contributed by atoms with E-state index in [9.17, 15) is 10.1 Å². The maximum Gasteiger partial charge on any atom is 0.273 e. The van der Waals surface area contributed by atoms with Crippen LogP contribution in [0.25, 0.3) is 0 Å². The molecule has 20 heavy (non-hydrogen) atoms. The predicted octanol–water partition coefficient (Wildman–Crippen LogP) is 3.60. The molecule has 1 atom stereocenters. The molecule has 2 aromatic rings. The van der Waals surface area contributed by atoms with Crippen LogP contribution in [0.3, 0.4) is 0 Å². The lowest BCUT2D eigenvalue weighted by Crippen LogP contribution is -2.18. The molecule has 0 saturated carbocycles. The lowest BCUT2D eigenvalue weighted by Gasteiger charge is -2.14. The van der Waals surface area contributed by atoms with Gasteiger partial charge in [0.25, 0.3) is 5.69 Å². The van der Waals surface area contributed by atoms with Gasteiger partial charge in [-0.3, -0.25) is 15.1 Å². The third-order valence-corrected chi connectivity index (χ3v) is 3.51. The zero-order chi connectivity index (χ0) is 14.5. The molecule has 0 amide bonds. The number of aromatic nitrogens is 1. The van der Waals surface area contributed by atoms with Crippen LogP contribution in [0.4, 0.5) is 5.69 Å². The molecule has 0 aliphatic carbocycles. The number of nitro benzene ring substituents is 1. The highest BCUT2D eigenvalue weighted by Gasteiger charge is 2.14. The molecule has 0 unspecified atom stereocenters. The topological polar surface area (TPSA) is 68.1 Å². The van der Waals surface area contributed by atoms with Crippen LogP contribution < -0.4 is 5.32 Å². The third kappa shape index (κ3) is 3.61. The molecule has 0 bridgehead atoms. The minimum Gasteiger partial charge on any atom is -0.306 e. The Balaban J connectivity index is 2.11. The molecule has 0 saturated heterocycles. The van der Waals surface area contributed by atoms with Crippen molar-refractivity contribution in [3.63, 3.8) is 0 Å². The first-order valence-electron chi connectivity index (χ1n) is 6.14. The van der Waals surface area contributed by atoms with Crippen LogP contribution >= 0.6 is 15.9 Å². The summed E-state index contributed by atoms with van der Waals surface area (Å²) in [4.78, 5) is 14.7. The first kappa shape index (κ1) is 14.6. The Morgan fingerprint density at radius 2 is 2.25 bits per heavy atom. The summed E-state index contributed by atoms with van der Waals surface area (Å²) >= 11 is 3.34. The normalized spacial score (nSPS) is 12.1. The molecule has 0 aliphatic rings. The van der Waals surface area contributed by atoms with Gasteiger partial charge >= 0.3 is 0 Å². The fraction of sp³-hybridized carbons (Fsp3) is 0.214. The second kappa shape index (κ2) is 6.58.